The molecular formula is C16H11IN2O3. The van der Waals surface area contributed by atoms with Crippen molar-refractivity contribution in [1.29, 1.82) is 0 Å². The first kappa shape index (κ1) is 14.6. The van der Waals surface area contributed by atoms with Crippen LogP contribution in [0.1, 0.15) is 5.56 Å². The highest BCUT2D eigenvalue weighted by Crippen LogP contribution is 2.22. The van der Waals surface area contributed by atoms with Crippen LogP contribution >= 0.6 is 22.6 Å². The van der Waals surface area contributed by atoms with E-state index in [0.717, 1.165) is 3.57 Å². The van der Waals surface area contributed by atoms with Crippen molar-refractivity contribution >= 4 is 46.2 Å². The molecule has 2 aromatic carbocycles. The molecule has 0 radical (unpaired) electrons. The van der Waals surface area contributed by atoms with E-state index in [1.807, 2.05) is 12.1 Å². The van der Waals surface area contributed by atoms with Gasteiger partial charge in [-0.25, -0.2) is 5.01 Å². The summed E-state index contributed by atoms with van der Waals surface area (Å²) in [6.07, 6.45) is 1.50. The molecule has 1 saturated heterocycles. The third kappa shape index (κ3) is 2.82. The number of anilines is 1. The minimum Gasteiger partial charge on any atom is -0.508 e. The number of carbonyl (C=O) groups is 2. The van der Waals surface area contributed by atoms with Gasteiger partial charge in [0, 0.05) is 3.57 Å². The quantitative estimate of drug-likeness (QED) is 0.458. The van der Waals surface area contributed by atoms with Gasteiger partial charge < -0.3 is 5.11 Å². The third-order valence-electron chi connectivity index (χ3n) is 3.18. The Balaban J connectivity index is 1.91. The van der Waals surface area contributed by atoms with Crippen LogP contribution in [0, 0.1) is 3.57 Å². The van der Waals surface area contributed by atoms with Crippen LogP contribution in [0.15, 0.2) is 54.1 Å². The van der Waals surface area contributed by atoms with Crippen molar-refractivity contribution < 1.29 is 14.7 Å². The van der Waals surface area contributed by atoms with Gasteiger partial charge in [0.05, 0.1) is 5.69 Å². The minimum atomic E-state index is -0.448. The average Bonchev–Trinajstić information content (AvgIpc) is 2.78. The highest BCUT2D eigenvalue weighted by molar-refractivity contribution is 14.1. The van der Waals surface area contributed by atoms with E-state index in [1.165, 1.54) is 23.2 Å². The van der Waals surface area contributed by atoms with Gasteiger partial charge in [-0.2, -0.15) is 0 Å². The molecule has 22 heavy (non-hydrogen) atoms. The van der Waals surface area contributed by atoms with Crippen molar-refractivity contribution in [2.45, 2.75) is 0 Å². The first-order valence-electron chi connectivity index (χ1n) is 6.46. The fourth-order valence-corrected chi connectivity index (χ4v) is 2.43. The molecule has 2 amide bonds. The summed E-state index contributed by atoms with van der Waals surface area (Å²) in [6.45, 7) is 0. The number of hydrogen-bond acceptors (Lipinski definition) is 3. The van der Waals surface area contributed by atoms with Crippen LogP contribution in [0.5, 0.6) is 5.75 Å². The highest BCUT2D eigenvalue weighted by Gasteiger charge is 2.34. The van der Waals surface area contributed by atoms with Crippen LogP contribution in [0.2, 0.25) is 0 Å². The largest absolute Gasteiger partial charge is 0.508 e. The highest BCUT2D eigenvalue weighted by atomic mass is 127. The topological polar surface area (TPSA) is 69.6 Å². The zero-order chi connectivity index (χ0) is 15.7. The number of hydrogen-bond donors (Lipinski definition) is 2. The van der Waals surface area contributed by atoms with Gasteiger partial charge in [-0.05, 0) is 70.6 Å². The number of amides is 2. The number of nitrogens with zero attached hydrogens (tertiary/aromatic N) is 1. The predicted molar refractivity (Wildman–Crippen MR) is 90.9 cm³/mol. The van der Waals surface area contributed by atoms with E-state index in [9.17, 15) is 14.7 Å². The first-order valence-corrected chi connectivity index (χ1v) is 7.54. The van der Waals surface area contributed by atoms with E-state index < -0.39 is 11.8 Å². The van der Waals surface area contributed by atoms with Crippen molar-refractivity contribution in [2.75, 3.05) is 5.01 Å². The Morgan fingerprint density at radius 3 is 2.27 bits per heavy atom. The number of hydrazine groups is 1. The van der Waals surface area contributed by atoms with Crippen molar-refractivity contribution in [3.8, 4) is 5.75 Å². The molecule has 0 unspecified atom stereocenters. The molecule has 3 rings (SSSR count). The van der Waals surface area contributed by atoms with Crippen LogP contribution in [0.3, 0.4) is 0 Å². The molecule has 6 heteroatoms. The van der Waals surface area contributed by atoms with E-state index in [1.54, 1.807) is 24.3 Å². The Morgan fingerprint density at radius 2 is 1.64 bits per heavy atom. The van der Waals surface area contributed by atoms with E-state index in [-0.39, 0.29) is 11.3 Å². The maximum atomic E-state index is 12.4. The number of phenolic OH excluding ortho intramolecular Hbond substituents is 1. The molecule has 0 atom stereocenters. The first-order chi connectivity index (χ1) is 10.5. The number of phenols is 1. The summed E-state index contributed by atoms with van der Waals surface area (Å²) in [5.41, 5.74) is 3.88. The lowest BCUT2D eigenvalue weighted by molar-refractivity contribution is -0.117. The number of aromatic hydroxyl groups is 1. The standard InChI is InChI=1S/C16H11IN2O3/c17-11-3-5-12(6-4-11)19-16(22)14(15(21)18-19)9-10-1-7-13(20)8-2-10/h1-9,20H,(H,18,21). The number of carbonyl (C=O) groups excluding carboxylic acids is 2. The zero-order valence-corrected chi connectivity index (χ0v) is 13.4. The monoisotopic (exact) mass is 406 g/mol. The van der Waals surface area contributed by atoms with Gasteiger partial charge >= 0.3 is 0 Å². The van der Waals surface area contributed by atoms with Gasteiger partial charge in [0.2, 0.25) is 0 Å². The molecule has 2 aromatic rings. The van der Waals surface area contributed by atoms with E-state index in [0.29, 0.717) is 11.3 Å². The lowest BCUT2D eigenvalue weighted by atomic mass is 10.1. The zero-order valence-electron chi connectivity index (χ0n) is 11.3. The van der Waals surface area contributed by atoms with Crippen LogP contribution in [-0.2, 0) is 9.59 Å². The molecule has 1 heterocycles. The minimum absolute atomic E-state index is 0.0595. The van der Waals surface area contributed by atoms with Gasteiger partial charge in [0.1, 0.15) is 11.3 Å². The summed E-state index contributed by atoms with van der Waals surface area (Å²) in [5, 5.41) is 10.5. The molecule has 2 N–H and O–H groups in total. The van der Waals surface area contributed by atoms with Gasteiger partial charge in [-0.3, -0.25) is 15.0 Å². The fourth-order valence-electron chi connectivity index (χ4n) is 2.07. The van der Waals surface area contributed by atoms with Crippen LogP contribution in [0.4, 0.5) is 5.69 Å². The van der Waals surface area contributed by atoms with E-state index >= 15 is 0 Å². The molecule has 5 nitrogen and oxygen atoms in total. The van der Waals surface area contributed by atoms with Crippen molar-refractivity contribution in [3.63, 3.8) is 0 Å². The Morgan fingerprint density at radius 1 is 1.00 bits per heavy atom. The second-order valence-electron chi connectivity index (χ2n) is 4.71. The molecule has 0 bridgehead atoms. The molecule has 110 valence electrons. The Labute approximate surface area is 140 Å². The second kappa shape index (κ2) is 5.80. The van der Waals surface area contributed by atoms with E-state index in [4.69, 9.17) is 0 Å². The van der Waals surface area contributed by atoms with Crippen LogP contribution < -0.4 is 10.4 Å². The molecule has 0 saturated carbocycles. The SMILES string of the molecule is O=C1NN(c2ccc(I)cc2)C(=O)C1=Cc1ccc(O)cc1. The molecule has 1 aliphatic rings. The van der Waals surface area contributed by atoms with Crippen molar-refractivity contribution in [2.24, 2.45) is 0 Å². The summed E-state index contributed by atoms with van der Waals surface area (Å²) in [4.78, 5) is 24.4. The lowest BCUT2D eigenvalue weighted by Gasteiger charge is -2.14. The van der Waals surface area contributed by atoms with Crippen molar-refractivity contribution in [3.05, 3.63) is 63.2 Å². The summed E-state index contributed by atoms with van der Waals surface area (Å²) in [5.74, 6) is -0.722. The van der Waals surface area contributed by atoms with Gasteiger partial charge in [-0.1, -0.05) is 12.1 Å². The summed E-state index contributed by atoms with van der Waals surface area (Å²) in [6, 6.07) is 13.5. The fraction of sp³-hybridized carbons (Fsp3) is 0. The molecule has 0 aliphatic carbocycles. The predicted octanol–water partition coefficient (Wildman–Crippen LogP) is 2.46. The average molecular weight is 406 g/mol. The normalized spacial score (nSPS) is 16.2. The maximum absolute atomic E-state index is 12.4. The van der Waals surface area contributed by atoms with Gasteiger partial charge in [0.15, 0.2) is 0 Å². The number of benzene rings is 2. The number of halogens is 1. The Hall–Kier alpha value is -2.35. The molecular weight excluding hydrogens is 395 g/mol. The maximum Gasteiger partial charge on any atom is 0.282 e. The third-order valence-corrected chi connectivity index (χ3v) is 3.90. The molecule has 1 aliphatic heterocycles. The summed E-state index contributed by atoms with van der Waals surface area (Å²) >= 11 is 2.17. The van der Waals surface area contributed by atoms with Gasteiger partial charge in [-0.15, -0.1) is 0 Å². The van der Waals surface area contributed by atoms with Crippen LogP contribution in [0.25, 0.3) is 6.08 Å². The molecule has 0 spiro atoms. The summed E-state index contributed by atoms with van der Waals surface area (Å²) in [7, 11) is 0. The smallest absolute Gasteiger partial charge is 0.282 e. The van der Waals surface area contributed by atoms with Crippen molar-refractivity contribution in [1.82, 2.24) is 5.43 Å². The van der Waals surface area contributed by atoms with Gasteiger partial charge in [0.25, 0.3) is 11.8 Å². The number of rotatable bonds is 2. The molecule has 1 fully saturated rings. The number of nitrogens with one attached hydrogen (secondary N) is 1. The lowest BCUT2D eigenvalue weighted by Crippen LogP contribution is -2.35. The Bertz CT molecular complexity index is 767. The second-order valence-corrected chi connectivity index (χ2v) is 5.95. The summed E-state index contributed by atoms with van der Waals surface area (Å²) < 4.78 is 1.04. The van der Waals surface area contributed by atoms with E-state index in [2.05, 4.69) is 28.0 Å². The molecule has 0 aromatic heterocycles. The Kier molecular flexibility index (Phi) is 3.84. The van der Waals surface area contributed by atoms with Crippen LogP contribution in [-0.4, -0.2) is 16.9 Å².